The Bertz CT molecular complexity index is 952. The summed E-state index contributed by atoms with van der Waals surface area (Å²) in [6, 6.07) is 16.8. The lowest BCUT2D eigenvalue weighted by Gasteiger charge is -2.15. The first kappa shape index (κ1) is 20.6. The second kappa shape index (κ2) is 9.39. The molecule has 148 valence electrons. The molecule has 28 heavy (non-hydrogen) atoms. The van der Waals surface area contributed by atoms with E-state index >= 15 is 0 Å². The summed E-state index contributed by atoms with van der Waals surface area (Å²) in [5, 5.41) is 3.76. The molecule has 0 aliphatic heterocycles. The monoisotopic (exact) mass is 420 g/mol. The lowest BCUT2D eigenvalue weighted by atomic mass is 10.2. The van der Waals surface area contributed by atoms with Crippen molar-refractivity contribution in [2.24, 2.45) is 0 Å². The molecule has 0 atom stereocenters. The molecule has 0 saturated heterocycles. The van der Waals surface area contributed by atoms with Crippen LogP contribution in [0.2, 0.25) is 5.02 Å². The number of oxazole rings is 1. The predicted molar refractivity (Wildman–Crippen MR) is 111 cm³/mol. The summed E-state index contributed by atoms with van der Waals surface area (Å²) in [6.07, 6.45) is 0. The molecule has 3 aromatic rings. The van der Waals surface area contributed by atoms with E-state index in [0.717, 1.165) is 11.1 Å². The third-order valence-corrected chi connectivity index (χ3v) is 6.27. The SMILES string of the molecule is CCOP(=O)(OCC)c1nc(-c2ccccc2)oc1NCc1ccccc1Cl. The van der Waals surface area contributed by atoms with Gasteiger partial charge in [-0.25, -0.2) is 0 Å². The number of nitrogens with zero attached hydrogens (tertiary/aromatic N) is 1. The minimum atomic E-state index is -3.64. The fourth-order valence-corrected chi connectivity index (χ4v) is 4.42. The number of hydrogen-bond acceptors (Lipinski definition) is 6. The van der Waals surface area contributed by atoms with Gasteiger partial charge in [0, 0.05) is 17.1 Å². The van der Waals surface area contributed by atoms with Crippen molar-refractivity contribution < 1.29 is 18.0 Å². The maximum atomic E-state index is 13.3. The van der Waals surface area contributed by atoms with Crippen LogP contribution in [-0.4, -0.2) is 18.2 Å². The standard InChI is InChI=1S/C20H22ClN2O4P/c1-3-25-28(24,26-4-2)20-19(22-14-16-12-8-9-13-17(16)21)27-18(23-20)15-10-6-5-7-11-15/h5-13,22H,3-4,14H2,1-2H3. The predicted octanol–water partition coefficient (Wildman–Crippen LogP) is 5.50. The van der Waals surface area contributed by atoms with Crippen molar-refractivity contribution in [1.29, 1.82) is 0 Å². The van der Waals surface area contributed by atoms with E-state index in [4.69, 9.17) is 25.1 Å². The summed E-state index contributed by atoms with van der Waals surface area (Å²) < 4.78 is 30.2. The molecule has 6 nitrogen and oxygen atoms in total. The molecule has 0 spiro atoms. The zero-order valence-electron chi connectivity index (χ0n) is 15.7. The van der Waals surface area contributed by atoms with Gasteiger partial charge in [-0.2, -0.15) is 4.98 Å². The Morgan fingerprint density at radius 2 is 1.68 bits per heavy atom. The largest absolute Gasteiger partial charge is 0.420 e. The first-order valence-electron chi connectivity index (χ1n) is 9.00. The maximum absolute atomic E-state index is 13.3. The lowest BCUT2D eigenvalue weighted by molar-refractivity contribution is 0.229. The third kappa shape index (κ3) is 4.65. The van der Waals surface area contributed by atoms with Crippen LogP contribution in [0, 0.1) is 0 Å². The minimum Gasteiger partial charge on any atom is -0.420 e. The smallest absolute Gasteiger partial charge is 0.385 e. The van der Waals surface area contributed by atoms with Crippen LogP contribution in [0.3, 0.4) is 0 Å². The Labute approximate surface area is 169 Å². The summed E-state index contributed by atoms with van der Waals surface area (Å²) in [6.45, 7) is 4.30. The van der Waals surface area contributed by atoms with Crippen LogP contribution in [0.1, 0.15) is 19.4 Å². The van der Waals surface area contributed by atoms with E-state index in [9.17, 15) is 4.57 Å². The number of halogens is 1. The number of rotatable bonds is 9. The van der Waals surface area contributed by atoms with E-state index in [1.807, 2.05) is 48.5 Å². The molecular formula is C20H22ClN2O4P. The van der Waals surface area contributed by atoms with Crippen LogP contribution in [0.4, 0.5) is 5.88 Å². The van der Waals surface area contributed by atoms with Gasteiger partial charge in [0.15, 0.2) is 0 Å². The summed E-state index contributed by atoms with van der Waals surface area (Å²) in [4.78, 5) is 4.45. The quantitative estimate of drug-likeness (QED) is 0.461. The number of benzene rings is 2. The van der Waals surface area contributed by atoms with Crippen LogP contribution in [0.25, 0.3) is 11.5 Å². The Morgan fingerprint density at radius 1 is 1.04 bits per heavy atom. The van der Waals surface area contributed by atoms with Crippen molar-refractivity contribution >= 4 is 30.5 Å². The van der Waals surface area contributed by atoms with Crippen LogP contribution >= 0.6 is 19.2 Å². The van der Waals surface area contributed by atoms with Gasteiger partial charge in [-0.15, -0.1) is 0 Å². The van der Waals surface area contributed by atoms with E-state index in [-0.39, 0.29) is 24.5 Å². The molecule has 0 bridgehead atoms. The van der Waals surface area contributed by atoms with E-state index in [2.05, 4.69) is 10.3 Å². The molecule has 0 aliphatic rings. The van der Waals surface area contributed by atoms with Crippen molar-refractivity contribution in [2.75, 3.05) is 18.5 Å². The third-order valence-electron chi connectivity index (χ3n) is 3.88. The number of aromatic nitrogens is 1. The zero-order valence-corrected chi connectivity index (χ0v) is 17.4. The Balaban J connectivity index is 1.99. The number of hydrogen-bond donors (Lipinski definition) is 1. The highest BCUT2D eigenvalue weighted by Gasteiger charge is 2.35. The summed E-state index contributed by atoms with van der Waals surface area (Å²) >= 11 is 6.23. The molecule has 1 aromatic heterocycles. The molecule has 2 aromatic carbocycles. The lowest BCUT2D eigenvalue weighted by Crippen LogP contribution is -2.16. The molecule has 8 heteroatoms. The van der Waals surface area contributed by atoms with Crippen LogP contribution in [0.15, 0.2) is 59.0 Å². The fourth-order valence-electron chi connectivity index (χ4n) is 2.63. The molecule has 0 unspecified atom stereocenters. The normalized spacial score (nSPS) is 11.5. The summed E-state index contributed by atoms with van der Waals surface area (Å²) in [7, 11) is -3.64. The first-order chi connectivity index (χ1) is 13.6. The molecule has 0 aliphatic carbocycles. The van der Waals surface area contributed by atoms with Gasteiger partial charge in [-0.05, 0) is 37.6 Å². The van der Waals surface area contributed by atoms with Gasteiger partial charge in [-0.3, -0.25) is 4.57 Å². The van der Waals surface area contributed by atoms with Crippen molar-refractivity contribution in [3.8, 4) is 11.5 Å². The van der Waals surface area contributed by atoms with Gasteiger partial charge in [0.05, 0.1) is 13.2 Å². The van der Waals surface area contributed by atoms with E-state index < -0.39 is 7.60 Å². The number of nitrogens with one attached hydrogen (secondary N) is 1. The second-order valence-corrected chi connectivity index (χ2v) is 8.16. The second-order valence-electron chi connectivity index (χ2n) is 5.82. The zero-order chi connectivity index (χ0) is 20.0. The van der Waals surface area contributed by atoms with Crippen LogP contribution in [-0.2, 0) is 20.2 Å². The molecule has 1 N–H and O–H groups in total. The highest BCUT2D eigenvalue weighted by molar-refractivity contribution is 7.62. The van der Waals surface area contributed by atoms with Gasteiger partial charge >= 0.3 is 7.60 Å². The van der Waals surface area contributed by atoms with E-state index in [1.165, 1.54) is 0 Å². The Morgan fingerprint density at radius 3 is 2.32 bits per heavy atom. The maximum Gasteiger partial charge on any atom is 0.385 e. The van der Waals surface area contributed by atoms with Gasteiger partial charge in [0.2, 0.25) is 17.2 Å². The topological polar surface area (TPSA) is 73.6 Å². The van der Waals surface area contributed by atoms with Crippen molar-refractivity contribution in [2.45, 2.75) is 20.4 Å². The molecule has 0 amide bonds. The Kier molecular flexibility index (Phi) is 6.92. The van der Waals surface area contributed by atoms with Gasteiger partial charge in [-0.1, -0.05) is 48.0 Å². The van der Waals surface area contributed by atoms with Gasteiger partial charge in [0.1, 0.15) is 0 Å². The molecular weight excluding hydrogens is 399 g/mol. The molecule has 0 saturated carbocycles. The highest BCUT2D eigenvalue weighted by atomic mass is 35.5. The minimum absolute atomic E-state index is 0.127. The van der Waals surface area contributed by atoms with Gasteiger partial charge in [0.25, 0.3) is 0 Å². The molecule has 0 radical (unpaired) electrons. The van der Waals surface area contributed by atoms with Gasteiger partial charge < -0.3 is 18.8 Å². The van der Waals surface area contributed by atoms with Crippen molar-refractivity contribution in [3.05, 3.63) is 65.2 Å². The van der Waals surface area contributed by atoms with Crippen molar-refractivity contribution in [3.63, 3.8) is 0 Å². The summed E-state index contributed by atoms with van der Waals surface area (Å²) in [5.41, 5.74) is 1.76. The fraction of sp³-hybridized carbons (Fsp3) is 0.250. The van der Waals surface area contributed by atoms with E-state index in [0.29, 0.717) is 17.5 Å². The molecule has 0 fully saturated rings. The highest BCUT2D eigenvalue weighted by Crippen LogP contribution is 2.49. The van der Waals surface area contributed by atoms with E-state index in [1.54, 1.807) is 19.9 Å². The molecule has 3 rings (SSSR count). The molecule has 1 heterocycles. The Hall–Kier alpha value is -2.11. The van der Waals surface area contributed by atoms with Crippen LogP contribution < -0.4 is 10.8 Å². The van der Waals surface area contributed by atoms with Crippen LogP contribution in [0.5, 0.6) is 0 Å². The van der Waals surface area contributed by atoms with Crippen molar-refractivity contribution in [1.82, 2.24) is 4.98 Å². The average molecular weight is 421 g/mol. The average Bonchev–Trinajstić information content (AvgIpc) is 3.14. The summed E-state index contributed by atoms with van der Waals surface area (Å²) in [5.74, 6) is 0.570. The number of anilines is 1. The first-order valence-corrected chi connectivity index (χ1v) is 10.9.